The van der Waals surface area contributed by atoms with Crippen LogP contribution in [0, 0.1) is 24.2 Å². The van der Waals surface area contributed by atoms with Gasteiger partial charge in [-0.2, -0.15) is 5.26 Å². The largest absolute Gasteiger partial charge is 0.355 e. The number of aromatic nitrogens is 3. The Kier molecular flexibility index (Phi) is 6.37. The maximum absolute atomic E-state index is 12.8. The smallest absolute Gasteiger partial charge is 0.260 e. The van der Waals surface area contributed by atoms with E-state index in [1.807, 2.05) is 38.1 Å². The van der Waals surface area contributed by atoms with E-state index in [9.17, 15) is 9.59 Å². The first kappa shape index (κ1) is 22.7. The number of anilines is 3. The minimum Gasteiger partial charge on any atom is -0.355 e. The molecule has 0 aliphatic carbocycles. The summed E-state index contributed by atoms with van der Waals surface area (Å²) in [6, 6.07) is 16.6. The predicted octanol–water partition coefficient (Wildman–Crippen LogP) is 4.34. The van der Waals surface area contributed by atoms with E-state index in [4.69, 9.17) is 5.26 Å². The molecule has 2 heterocycles. The molecule has 1 atom stereocenters. The number of carbonyl (C=O) groups excluding carboxylic acids is 1. The summed E-state index contributed by atoms with van der Waals surface area (Å²) >= 11 is 0. The first-order chi connectivity index (χ1) is 16.3. The molecule has 0 saturated heterocycles. The van der Waals surface area contributed by atoms with Crippen molar-refractivity contribution in [1.29, 1.82) is 5.26 Å². The van der Waals surface area contributed by atoms with Crippen molar-refractivity contribution in [3.8, 4) is 6.07 Å². The lowest BCUT2D eigenvalue weighted by Gasteiger charge is -2.13. The van der Waals surface area contributed by atoms with Crippen LogP contribution in [0.3, 0.4) is 0 Å². The van der Waals surface area contributed by atoms with Gasteiger partial charge in [-0.15, -0.1) is 0 Å². The highest BCUT2D eigenvalue weighted by Crippen LogP contribution is 2.26. The molecule has 0 aliphatic heterocycles. The van der Waals surface area contributed by atoms with E-state index >= 15 is 0 Å². The van der Waals surface area contributed by atoms with Gasteiger partial charge in [0.2, 0.25) is 0 Å². The molecule has 0 spiro atoms. The van der Waals surface area contributed by atoms with Crippen LogP contribution in [0.15, 0.2) is 65.8 Å². The van der Waals surface area contributed by atoms with Gasteiger partial charge in [-0.3, -0.25) is 14.6 Å². The van der Waals surface area contributed by atoms with E-state index in [0.29, 0.717) is 34.3 Å². The van der Waals surface area contributed by atoms with Gasteiger partial charge in [-0.1, -0.05) is 6.07 Å². The van der Waals surface area contributed by atoms with Crippen molar-refractivity contribution in [2.75, 3.05) is 10.6 Å². The number of hydrogen-bond acceptors (Lipinski definition) is 6. The van der Waals surface area contributed by atoms with Crippen LogP contribution in [0.5, 0.6) is 0 Å². The zero-order valence-corrected chi connectivity index (χ0v) is 19.2. The molecule has 4 aromatic rings. The van der Waals surface area contributed by atoms with Gasteiger partial charge in [0.1, 0.15) is 0 Å². The average molecular weight is 453 g/mol. The molecule has 2 aromatic heterocycles. The van der Waals surface area contributed by atoms with Gasteiger partial charge in [-0.25, -0.2) is 4.98 Å². The molecule has 1 unspecified atom stereocenters. The minimum absolute atomic E-state index is 0.118. The summed E-state index contributed by atoms with van der Waals surface area (Å²) in [5.41, 5.74) is 4.84. The van der Waals surface area contributed by atoms with E-state index in [2.05, 4.69) is 26.7 Å². The summed E-state index contributed by atoms with van der Waals surface area (Å²) in [6.45, 7) is 3.78. The van der Waals surface area contributed by atoms with Gasteiger partial charge in [0.25, 0.3) is 11.5 Å². The maximum Gasteiger partial charge on any atom is 0.260 e. The Morgan fingerprint density at radius 2 is 1.91 bits per heavy atom. The van der Waals surface area contributed by atoms with E-state index < -0.39 is 0 Å². The summed E-state index contributed by atoms with van der Waals surface area (Å²) in [5.74, 6) is -0.439. The summed E-state index contributed by atoms with van der Waals surface area (Å²) < 4.78 is 1.44. The lowest BCUT2D eigenvalue weighted by Crippen LogP contribution is -2.16. The van der Waals surface area contributed by atoms with Crippen molar-refractivity contribution >= 4 is 33.9 Å². The molecule has 170 valence electrons. The fourth-order valence-corrected chi connectivity index (χ4v) is 3.57. The highest BCUT2D eigenvalue weighted by Gasteiger charge is 2.11. The zero-order chi connectivity index (χ0) is 24.2. The fraction of sp³-hybridized carbons (Fsp3) is 0.192. The Labute approximate surface area is 196 Å². The monoisotopic (exact) mass is 452 g/mol. The van der Waals surface area contributed by atoms with Gasteiger partial charge in [0, 0.05) is 53.9 Å². The highest BCUT2D eigenvalue weighted by molar-refractivity contribution is 6.04. The van der Waals surface area contributed by atoms with Gasteiger partial charge in [-0.05, 0) is 61.9 Å². The Hall–Kier alpha value is -4.51. The summed E-state index contributed by atoms with van der Waals surface area (Å²) in [6.07, 6.45) is 3.57. The van der Waals surface area contributed by atoms with Crippen LogP contribution >= 0.6 is 0 Å². The fourth-order valence-electron chi connectivity index (χ4n) is 3.57. The third-order valence-electron chi connectivity index (χ3n) is 5.51. The number of aryl methyl sites for hydroxylation is 2. The maximum atomic E-state index is 12.8. The van der Waals surface area contributed by atoms with Crippen molar-refractivity contribution in [2.24, 2.45) is 13.0 Å². The molecule has 0 radical (unpaired) electrons. The van der Waals surface area contributed by atoms with Gasteiger partial charge >= 0.3 is 0 Å². The number of pyridine rings is 1. The Balaban J connectivity index is 1.55. The number of fused-ring (bicyclic) bond motifs is 1. The third-order valence-corrected chi connectivity index (χ3v) is 5.51. The Morgan fingerprint density at radius 3 is 2.71 bits per heavy atom. The van der Waals surface area contributed by atoms with Crippen molar-refractivity contribution in [2.45, 2.75) is 20.3 Å². The Morgan fingerprint density at radius 1 is 1.12 bits per heavy atom. The number of nitrogens with zero attached hydrogens (tertiary/aromatic N) is 4. The molecule has 1 amide bonds. The minimum atomic E-state index is -0.261. The van der Waals surface area contributed by atoms with Crippen LogP contribution in [0.1, 0.15) is 28.5 Å². The SMILES string of the molecule is Cc1ccc(NC(=O)c2ccnc(CC(C)C#N)c2)cc1Nc1ccc2ncn(C)c(=O)c2c1. The van der Waals surface area contributed by atoms with E-state index in [1.165, 1.54) is 10.9 Å². The number of rotatable bonds is 6. The van der Waals surface area contributed by atoms with Crippen LogP contribution in [-0.2, 0) is 13.5 Å². The number of amides is 1. The van der Waals surface area contributed by atoms with Crippen LogP contribution in [-0.4, -0.2) is 20.4 Å². The first-order valence-corrected chi connectivity index (χ1v) is 10.8. The second-order valence-electron chi connectivity index (χ2n) is 8.27. The third kappa shape index (κ3) is 4.94. The zero-order valence-electron chi connectivity index (χ0n) is 19.2. The molecule has 8 heteroatoms. The Bertz CT molecular complexity index is 1490. The predicted molar refractivity (Wildman–Crippen MR) is 132 cm³/mol. The molecule has 8 nitrogen and oxygen atoms in total. The summed E-state index contributed by atoms with van der Waals surface area (Å²) in [4.78, 5) is 33.8. The molecule has 2 N–H and O–H groups in total. The van der Waals surface area contributed by atoms with Crippen molar-refractivity contribution in [3.63, 3.8) is 0 Å². The lowest BCUT2D eigenvalue weighted by molar-refractivity contribution is 0.102. The molecular formula is C26H24N6O2. The van der Waals surface area contributed by atoms with Crippen LogP contribution in [0.2, 0.25) is 0 Å². The second kappa shape index (κ2) is 9.55. The second-order valence-corrected chi connectivity index (χ2v) is 8.27. The van der Waals surface area contributed by atoms with Gasteiger partial charge < -0.3 is 15.2 Å². The van der Waals surface area contributed by atoms with Crippen molar-refractivity contribution in [3.05, 3.63) is 88.2 Å². The van der Waals surface area contributed by atoms with Crippen molar-refractivity contribution in [1.82, 2.24) is 14.5 Å². The summed E-state index contributed by atoms with van der Waals surface area (Å²) in [5, 5.41) is 15.8. The average Bonchev–Trinajstić information content (AvgIpc) is 2.84. The molecule has 0 fully saturated rings. The number of benzene rings is 2. The standard InChI is InChI=1S/C26H24N6O2/c1-16(14-27)10-21-11-18(8-9-28-21)25(33)31-20-5-4-17(2)24(13-20)30-19-6-7-23-22(12-19)26(34)32(3)15-29-23/h4-9,11-13,15-16,30H,10H2,1-3H3,(H,31,33). The molecule has 0 bridgehead atoms. The molecule has 0 saturated carbocycles. The first-order valence-electron chi connectivity index (χ1n) is 10.8. The molecule has 34 heavy (non-hydrogen) atoms. The normalized spacial score (nSPS) is 11.6. The molecule has 4 rings (SSSR count). The van der Waals surface area contributed by atoms with Crippen LogP contribution < -0.4 is 16.2 Å². The summed E-state index contributed by atoms with van der Waals surface area (Å²) in [7, 11) is 1.67. The van der Waals surface area contributed by atoms with Crippen molar-refractivity contribution < 1.29 is 4.79 Å². The van der Waals surface area contributed by atoms with Crippen LogP contribution in [0.4, 0.5) is 17.1 Å². The quantitative estimate of drug-likeness (QED) is 0.450. The topological polar surface area (TPSA) is 113 Å². The number of nitrogens with one attached hydrogen (secondary N) is 2. The molecular weight excluding hydrogens is 428 g/mol. The number of nitriles is 1. The number of carbonyl (C=O) groups is 1. The van der Waals surface area contributed by atoms with E-state index in [0.717, 1.165) is 16.9 Å². The van der Waals surface area contributed by atoms with E-state index in [-0.39, 0.29) is 17.4 Å². The molecule has 2 aromatic carbocycles. The van der Waals surface area contributed by atoms with Gasteiger partial charge in [0.15, 0.2) is 0 Å². The highest BCUT2D eigenvalue weighted by atomic mass is 16.1. The van der Waals surface area contributed by atoms with Gasteiger partial charge in [0.05, 0.1) is 23.3 Å². The number of hydrogen-bond donors (Lipinski definition) is 2. The van der Waals surface area contributed by atoms with E-state index in [1.54, 1.807) is 37.5 Å². The molecule has 0 aliphatic rings. The lowest BCUT2D eigenvalue weighted by atomic mass is 10.1. The van der Waals surface area contributed by atoms with Crippen LogP contribution in [0.25, 0.3) is 10.9 Å².